The van der Waals surface area contributed by atoms with Crippen molar-refractivity contribution in [1.82, 2.24) is 4.90 Å². The average molecular weight is 468 g/mol. The first-order valence-corrected chi connectivity index (χ1v) is 11.3. The Morgan fingerprint density at radius 3 is 1.77 bits per heavy atom. The van der Waals surface area contributed by atoms with Crippen LogP contribution in [-0.2, 0) is 0 Å². The molecule has 4 rings (SSSR count). The van der Waals surface area contributed by atoms with E-state index in [0.29, 0.717) is 0 Å². The summed E-state index contributed by atoms with van der Waals surface area (Å²) in [5, 5.41) is 0. The number of nitrogens with zero attached hydrogens (tertiary/aromatic N) is 3. The molecule has 0 radical (unpaired) electrons. The number of allylic oxidation sites excluding steroid dienone is 1. The number of anilines is 2. The average Bonchev–Trinajstić information content (AvgIpc) is 2.88. The van der Waals surface area contributed by atoms with E-state index in [1.165, 1.54) is 24.3 Å². The van der Waals surface area contributed by atoms with E-state index >= 15 is 0 Å². The smallest absolute Gasteiger partial charge is 0.123 e. The molecule has 176 valence electrons. The molecular weight excluding hydrogens is 440 g/mol. The topological polar surface area (TPSA) is 18.8 Å². The van der Waals surface area contributed by atoms with Gasteiger partial charge in [-0.2, -0.15) is 0 Å². The Balaban J connectivity index is 1.60. The van der Waals surface area contributed by atoms with Crippen LogP contribution in [0.2, 0.25) is 0 Å². The van der Waals surface area contributed by atoms with Crippen molar-refractivity contribution in [2.75, 3.05) is 11.9 Å². The first-order chi connectivity index (χ1) is 16.9. The molecule has 3 nitrogen and oxygen atoms in total. The molecule has 1 atom stereocenters. The van der Waals surface area contributed by atoms with Gasteiger partial charge in [-0.05, 0) is 78.7 Å². The Hall–Kier alpha value is -4.25. The zero-order valence-electron chi connectivity index (χ0n) is 19.8. The van der Waals surface area contributed by atoms with Gasteiger partial charge in [0.25, 0.3) is 0 Å². The molecule has 0 saturated carbocycles. The number of rotatable bonds is 8. The second-order valence-electron chi connectivity index (χ2n) is 8.30. The molecule has 0 spiro atoms. The Morgan fingerprint density at radius 2 is 1.23 bits per heavy atom. The van der Waals surface area contributed by atoms with Gasteiger partial charge in [0.1, 0.15) is 11.6 Å². The Morgan fingerprint density at radius 1 is 0.743 bits per heavy atom. The second-order valence-corrected chi connectivity index (χ2v) is 8.30. The van der Waals surface area contributed by atoms with Crippen molar-refractivity contribution in [3.05, 3.63) is 138 Å². The first-order valence-electron chi connectivity index (χ1n) is 11.3. The highest BCUT2D eigenvalue weighted by Gasteiger charge is 2.21. The number of halogens is 2. The first kappa shape index (κ1) is 23.9. The van der Waals surface area contributed by atoms with Crippen LogP contribution in [0.15, 0.2) is 120 Å². The van der Waals surface area contributed by atoms with Crippen molar-refractivity contribution < 1.29 is 8.78 Å². The zero-order chi connectivity index (χ0) is 24.8. The third kappa shape index (κ3) is 5.82. The fourth-order valence-electron chi connectivity index (χ4n) is 3.88. The Bertz CT molecular complexity index is 1280. The van der Waals surface area contributed by atoms with E-state index in [1.807, 2.05) is 78.4 Å². The summed E-state index contributed by atoms with van der Waals surface area (Å²) in [7, 11) is 1.93. The van der Waals surface area contributed by atoms with E-state index in [0.717, 1.165) is 33.9 Å². The van der Waals surface area contributed by atoms with Crippen LogP contribution in [0.3, 0.4) is 0 Å². The van der Waals surface area contributed by atoms with Crippen LogP contribution < -0.4 is 4.90 Å². The molecule has 35 heavy (non-hydrogen) atoms. The van der Waals surface area contributed by atoms with Crippen LogP contribution in [0.5, 0.6) is 0 Å². The lowest BCUT2D eigenvalue weighted by Crippen LogP contribution is -2.26. The largest absolute Gasteiger partial charge is 0.345 e. The molecular formula is C30H27F2N3. The van der Waals surface area contributed by atoms with Gasteiger partial charge in [-0.25, -0.2) is 13.8 Å². The normalized spacial score (nSPS) is 11.9. The van der Waals surface area contributed by atoms with Crippen molar-refractivity contribution in [2.45, 2.75) is 13.0 Å². The molecule has 0 aliphatic carbocycles. The van der Waals surface area contributed by atoms with Crippen LogP contribution in [0.1, 0.15) is 24.1 Å². The van der Waals surface area contributed by atoms with Crippen LogP contribution in [0, 0.1) is 11.6 Å². The summed E-state index contributed by atoms with van der Waals surface area (Å²) in [5.74, 6) is -0.537. The molecule has 0 saturated heterocycles. The molecule has 0 aromatic heterocycles. The van der Waals surface area contributed by atoms with E-state index in [4.69, 9.17) is 4.99 Å². The van der Waals surface area contributed by atoms with E-state index in [1.54, 1.807) is 30.6 Å². The van der Waals surface area contributed by atoms with Gasteiger partial charge in [-0.15, -0.1) is 0 Å². The van der Waals surface area contributed by atoms with Gasteiger partial charge in [0.05, 0.1) is 18.1 Å². The number of benzene rings is 4. The molecule has 1 unspecified atom stereocenters. The van der Waals surface area contributed by atoms with Crippen LogP contribution in [0.25, 0.3) is 0 Å². The third-order valence-corrected chi connectivity index (χ3v) is 5.80. The SMILES string of the molecule is C=C(C)N(C=Nc1ccc(N(C)c2ccc(F)cc2)cc1)C(c1ccccc1)c1ccc(F)cc1. The molecule has 0 aliphatic rings. The fraction of sp³-hybridized carbons (Fsp3) is 0.100. The van der Waals surface area contributed by atoms with Crippen molar-refractivity contribution in [3.63, 3.8) is 0 Å². The monoisotopic (exact) mass is 467 g/mol. The highest BCUT2D eigenvalue weighted by atomic mass is 19.1. The van der Waals surface area contributed by atoms with Gasteiger partial charge < -0.3 is 9.80 Å². The Labute approximate surface area is 205 Å². The summed E-state index contributed by atoms with van der Waals surface area (Å²) < 4.78 is 26.9. The summed E-state index contributed by atoms with van der Waals surface area (Å²) in [6.45, 7) is 6.08. The number of hydrogen-bond donors (Lipinski definition) is 0. The Kier molecular flexibility index (Phi) is 7.36. The molecule has 4 aromatic carbocycles. The lowest BCUT2D eigenvalue weighted by molar-refractivity contribution is 0.449. The van der Waals surface area contributed by atoms with Crippen LogP contribution in [-0.4, -0.2) is 18.3 Å². The molecule has 5 heteroatoms. The van der Waals surface area contributed by atoms with E-state index in [9.17, 15) is 8.78 Å². The maximum atomic E-state index is 13.6. The van der Waals surface area contributed by atoms with E-state index in [2.05, 4.69) is 6.58 Å². The maximum Gasteiger partial charge on any atom is 0.123 e. The van der Waals surface area contributed by atoms with Gasteiger partial charge >= 0.3 is 0 Å². The van der Waals surface area contributed by atoms with Crippen LogP contribution >= 0.6 is 0 Å². The van der Waals surface area contributed by atoms with Gasteiger partial charge in [0, 0.05) is 24.1 Å². The highest BCUT2D eigenvalue weighted by Crippen LogP contribution is 2.31. The molecule has 0 bridgehead atoms. The zero-order valence-corrected chi connectivity index (χ0v) is 19.8. The predicted octanol–water partition coefficient (Wildman–Crippen LogP) is 8.02. The molecule has 0 fully saturated rings. The third-order valence-electron chi connectivity index (χ3n) is 5.80. The quantitative estimate of drug-likeness (QED) is 0.193. The van der Waals surface area contributed by atoms with Crippen LogP contribution in [0.4, 0.5) is 25.8 Å². The van der Waals surface area contributed by atoms with Gasteiger partial charge in [-0.3, -0.25) is 0 Å². The van der Waals surface area contributed by atoms with Gasteiger partial charge in [-0.1, -0.05) is 49.0 Å². The summed E-state index contributed by atoms with van der Waals surface area (Å²) in [6, 6.07) is 30.5. The number of aliphatic imine (C=N–C) groups is 1. The molecule has 0 aliphatic heterocycles. The predicted molar refractivity (Wildman–Crippen MR) is 140 cm³/mol. The van der Waals surface area contributed by atoms with E-state index < -0.39 is 0 Å². The standard InChI is InChI=1S/C30H27F2N3/c1-22(2)35(30(23-7-5-4-6-8-23)24-9-11-25(31)12-10-24)21-33-27-15-19-29(20-16-27)34(3)28-17-13-26(32)14-18-28/h4-21,30H,1H2,2-3H3. The van der Waals surface area contributed by atoms with E-state index in [-0.39, 0.29) is 17.7 Å². The summed E-state index contributed by atoms with van der Waals surface area (Å²) in [4.78, 5) is 8.67. The molecule has 0 heterocycles. The van der Waals surface area contributed by atoms with Crippen molar-refractivity contribution in [1.29, 1.82) is 0 Å². The minimum absolute atomic E-state index is 0.207. The number of hydrogen-bond acceptors (Lipinski definition) is 2. The van der Waals surface area contributed by atoms with Crippen molar-refractivity contribution >= 4 is 23.4 Å². The lowest BCUT2D eigenvalue weighted by Gasteiger charge is -2.31. The molecule has 0 N–H and O–H groups in total. The van der Waals surface area contributed by atoms with Crippen molar-refractivity contribution in [2.24, 2.45) is 4.99 Å². The summed E-state index contributed by atoms with van der Waals surface area (Å²) in [6.07, 6.45) is 1.77. The fourth-order valence-corrected chi connectivity index (χ4v) is 3.88. The lowest BCUT2D eigenvalue weighted by atomic mass is 9.97. The maximum absolute atomic E-state index is 13.6. The highest BCUT2D eigenvalue weighted by molar-refractivity contribution is 5.68. The summed E-state index contributed by atoms with van der Waals surface area (Å²) in [5.41, 5.74) is 5.41. The molecule has 4 aromatic rings. The minimum Gasteiger partial charge on any atom is -0.345 e. The molecule has 0 amide bonds. The van der Waals surface area contributed by atoms with Gasteiger partial charge in [0.2, 0.25) is 0 Å². The second kappa shape index (κ2) is 10.8. The van der Waals surface area contributed by atoms with Crippen molar-refractivity contribution in [3.8, 4) is 0 Å². The summed E-state index contributed by atoms with van der Waals surface area (Å²) >= 11 is 0. The minimum atomic E-state index is -0.276. The van der Waals surface area contributed by atoms with Gasteiger partial charge in [0.15, 0.2) is 0 Å².